The van der Waals surface area contributed by atoms with Gasteiger partial charge in [-0.25, -0.2) is 12.8 Å². The van der Waals surface area contributed by atoms with Crippen molar-refractivity contribution in [3.8, 4) is 0 Å². The highest BCUT2D eigenvalue weighted by molar-refractivity contribution is 9.10. The minimum absolute atomic E-state index is 0.0358. The number of nitrogens with zero attached hydrogens (tertiary/aromatic N) is 1. The van der Waals surface area contributed by atoms with E-state index in [1.165, 1.54) is 22.5 Å². The molecule has 0 amide bonds. The van der Waals surface area contributed by atoms with Crippen molar-refractivity contribution in [3.63, 3.8) is 0 Å². The van der Waals surface area contributed by atoms with Crippen molar-refractivity contribution in [2.24, 2.45) is 0 Å². The average Bonchev–Trinajstić information content (AvgIpc) is 2.46. The molecule has 0 fully saturated rings. The molecule has 2 aromatic carbocycles. The van der Waals surface area contributed by atoms with Crippen LogP contribution in [0.1, 0.15) is 0 Å². The third-order valence-electron chi connectivity index (χ3n) is 2.81. The summed E-state index contributed by atoms with van der Waals surface area (Å²) in [4.78, 5) is 0.0358. The highest BCUT2D eigenvalue weighted by atomic mass is 79.9. The second-order valence-electron chi connectivity index (χ2n) is 4.26. The van der Waals surface area contributed by atoms with Crippen LogP contribution in [0.5, 0.6) is 0 Å². The molecule has 0 N–H and O–H groups in total. The van der Waals surface area contributed by atoms with Gasteiger partial charge in [0.05, 0.1) is 17.1 Å². The third-order valence-corrected chi connectivity index (χ3v) is 5.15. The summed E-state index contributed by atoms with van der Waals surface area (Å²) < 4.78 is 40.4. The van der Waals surface area contributed by atoms with Gasteiger partial charge in [-0.1, -0.05) is 22.0 Å². The lowest BCUT2D eigenvalue weighted by atomic mass is 10.3. The summed E-state index contributed by atoms with van der Waals surface area (Å²) in [5.74, 6) is -0.479. The highest BCUT2D eigenvalue weighted by Gasteiger charge is 2.23. The molecule has 0 aromatic heterocycles. The zero-order valence-electron chi connectivity index (χ0n) is 11.0. The minimum atomic E-state index is -3.77. The van der Waals surface area contributed by atoms with Crippen LogP contribution in [0.25, 0.3) is 0 Å². The van der Waals surface area contributed by atoms with E-state index in [4.69, 9.17) is 0 Å². The molecule has 21 heavy (non-hydrogen) atoms. The Morgan fingerprint density at radius 2 is 1.67 bits per heavy atom. The van der Waals surface area contributed by atoms with Gasteiger partial charge in [0.15, 0.2) is 0 Å². The number of anilines is 1. The number of halogens is 2. The van der Waals surface area contributed by atoms with E-state index in [2.05, 4.69) is 22.5 Å². The quantitative estimate of drug-likeness (QED) is 0.747. The van der Waals surface area contributed by atoms with Gasteiger partial charge in [-0.2, -0.15) is 0 Å². The molecule has 0 aliphatic heterocycles. The summed E-state index contributed by atoms with van der Waals surface area (Å²) in [6.45, 7) is 3.72. The molecule has 0 saturated carbocycles. The van der Waals surface area contributed by atoms with Crippen molar-refractivity contribution < 1.29 is 12.8 Å². The van der Waals surface area contributed by atoms with Gasteiger partial charge in [-0.05, 0) is 48.5 Å². The van der Waals surface area contributed by atoms with Crippen LogP contribution >= 0.6 is 15.9 Å². The van der Waals surface area contributed by atoms with E-state index in [0.29, 0.717) is 5.69 Å². The van der Waals surface area contributed by atoms with Crippen LogP contribution in [-0.4, -0.2) is 15.0 Å². The lowest BCUT2D eigenvalue weighted by molar-refractivity contribution is 0.591. The maximum Gasteiger partial charge on any atom is 0.264 e. The first-order chi connectivity index (χ1) is 9.95. The number of sulfonamides is 1. The first-order valence-corrected chi connectivity index (χ1v) is 8.33. The van der Waals surface area contributed by atoms with E-state index >= 15 is 0 Å². The van der Waals surface area contributed by atoms with E-state index in [1.807, 2.05) is 0 Å². The van der Waals surface area contributed by atoms with Crippen molar-refractivity contribution in [1.29, 1.82) is 0 Å². The topological polar surface area (TPSA) is 37.4 Å². The maximum absolute atomic E-state index is 13.0. The number of benzene rings is 2. The molecule has 0 heterocycles. The number of hydrogen-bond acceptors (Lipinski definition) is 2. The fourth-order valence-electron chi connectivity index (χ4n) is 1.80. The summed E-state index contributed by atoms with van der Waals surface area (Å²) in [6, 6.07) is 11.6. The smallest absolute Gasteiger partial charge is 0.263 e. The maximum atomic E-state index is 13.0. The van der Waals surface area contributed by atoms with E-state index < -0.39 is 15.8 Å². The van der Waals surface area contributed by atoms with Gasteiger partial charge in [0.1, 0.15) is 5.82 Å². The van der Waals surface area contributed by atoms with Crippen molar-refractivity contribution in [2.45, 2.75) is 4.90 Å². The SMILES string of the molecule is C=CCN(c1ccc(Br)cc1)S(=O)(=O)c1ccc(F)cc1. The Morgan fingerprint density at radius 3 is 2.19 bits per heavy atom. The Hall–Kier alpha value is -1.66. The molecule has 110 valence electrons. The lowest BCUT2D eigenvalue weighted by Crippen LogP contribution is -2.31. The fourth-order valence-corrected chi connectivity index (χ4v) is 3.50. The Labute approximate surface area is 131 Å². The molecule has 2 rings (SSSR count). The lowest BCUT2D eigenvalue weighted by Gasteiger charge is -2.23. The molecule has 0 saturated heterocycles. The molecule has 0 aliphatic rings. The second-order valence-corrected chi connectivity index (χ2v) is 7.03. The van der Waals surface area contributed by atoms with Crippen LogP contribution < -0.4 is 4.31 Å². The molecule has 0 aliphatic carbocycles. The van der Waals surface area contributed by atoms with Crippen molar-refractivity contribution >= 4 is 31.6 Å². The summed E-state index contributed by atoms with van der Waals surface area (Å²) >= 11 is 3.31. The molecule has 0 bridgehead atoms. The molecular weight excluding hydrogens is 357 g/mol. The molecule has 3 nitrogen and oxygen atoms in total. The van der Waals surface area contributed by atoms with Gasteiger partial charge in [-0.3, -0.25) is 4.31 Å². The molecular formula is C15H13BrFNO2S. The van der Waals surface area contributed by atoms with Gasteiger partial charge in [0.2, 0.25) is 0 Å². The molecule has 0 atom stereocenters. The predicted molar refractivity (Wildman–Crippen MR) is 85.3 cm³/mol. The van der Waals surface area contributed by atoms with E-state index in [-0.39, 0.29) is 11.4 Å². The summed E-state index contributed by atoms with van der Waals surface area (Å²) in [5.41, 5.74) is 0.516. The second kappa shape index (κ2) is 6.41. The normalized spacial score (nSPS) is 11.1. The minimum Gasteiger partial charge on any atom is -0.263 e. The van der Waals surface area contributed by atoms with Crippen LogP contribution in [0.15, 0.2) is 70.6 Å². The Morgan fingerprint density at radius 1 is 1.10 bits per heavy atom. The number of hydrogen-bond donors (Lipinski definition) is 0. The zero-order chi connectivity index (χ0) is 15.5. The predicted octanol–water partition coefficient (Wildman–Crippen LogP) is 3.97. The van der Waals surface area contributed by atoms with Crippen LogP contribution in [0.4, 0.5) is 10.1 Å². The molecule has 0 unspecified atom stereocenters. The van der Waals surface area contributed by atoms with Crippen LogP contribution in [0.3, 0.4) is 0 Å². The van der Waals surface area contributed by atoms with Gasteiger partial charge >= 0.3 is 0 Å². The molecule has 2 aromatic rings. The first kappa shape index (κ1) is 15.7. The standard InChI is InChI=1S/C15H13BrFNO2S/c1-2-11-18(14-7-3-12(16)4-8-14)21(19,20)15-9-5-13(17)6-10-15/h2-10H,1,11H2. The largest absolute Gasteiger partial charge is 0.264 e. The fraction of sp³-hybridized carbons (Fsp3) is 0.0667. The van der Waals surface area contributed by atoms with Crippen LogP contribution in [-0.2, 0) is 10.0 Å². The highest BCUT2D eigenvalue weighted by Crippen LogP contribution is 2.25. The molecule has 0 spiro atoms. The van der Waals surface area contributed by atoms with Crippen LogP contribution in [0.2, 0.25) is 0 Å². The van der Waals surface area contributed by atoms with Gasteiger partial charge in [-0.15, -0.1) is 6.58 Å². The summed E-state index contributed by atoms with van der Waals surface area (Å²) in [7, 11) is -3.77. The summed E-state index contributed by atoms with van der Waals surface area (Å²) in [5, 5.41) is 0. The average molecular weight is 370 g/mol. The van der Waals surface area contributed by atoms with Crippen LogP contribution in [0, 0.1) is 5.82 Å². The Bertz CT molecular complexity index is 727. The van der Waals surface area contributed by atoms with Crippen molar-refractivity contribution in [2.75, 3.05) is 10.8 Å². The van der Waals surface area contributed by atoms with Crippen molar-refractivity contribution in [1.82, 2.24) is 0 Å². The number of rotatable bonds is 5. The molecule has 6 heteroatoms. The van der Waals surface area contributed by atoms with Crippen molar-refractivity contribution in [3.05, 3.63) is 71.5 Å². The monoisotopic (exact) mass is 369 g/mol. The Kier molecular flexibility index (Phi) is 4.80. The van der Waals surface area contributed by atoms with Gasteiger partial charge < -0.3 is 0 Å². The molecule has 0 radical (unpaired) electrons. The Balaban J connectivity index is 2.47. The van der Waals surface area contributed by atoms with E-state index in [9.17, 15) is 12.8 Å². The summed E-state index contributed by atoms with van der Waals surface area (Å²) in [6.07, 6.45) is 1.50. The van der Waals surface area contributed by atoms with Gasteiger partial charge in [0, 0.05) is 4.47 Å². The van der Waals surface area contributed by atoms with E-state index in [1.54, 1.807) is 24.3 Å². The van der Waals surface area contributed by atoms with E-state index in [0.717, 1.165) is 16.6 Å². The first-order valence-electron chi connectivity index (χ1n) is 6.10. The van der Waals surface area contributed by atoms with Gasteiger partial charge in [0.25, 0.3) is 10.0 Å². The third kappa shape index (κ3) is 3.51. The zero-order valence-corrected chi connectivity index (χ0v) is 13.4.